The SMILES string of the molecule is CO[C@@H](C)c1c(C(=O)OC(C)(C)CCC2CC2)cnc2cc(C)nn12. The lowest BCUT2D eigenvalue weighted by atomic mass is 10.00. The summed E-state index contributed by atoms with van der Waals surface area (Å²) in [5, 5.41) is 4.46. The fourth-order valence-corrected chi connectivity index (χ4v) is 3.04. The van der Waals surface area contributed by atoms with Gasteiger partial charge in [0.05, 0.1) is 17.5 Å². The minimum Gasteiger partial charge on any atom is -0.456 e. The lowest BCUT2D eigenvalue weighted by molar-refractivity contribution is -0.00663. The molecule has 6 heteroatoms. The summed E-state index contributed by atoms with van der Waals surface area (Å²) in [5.41, 5.74) is 2.11. The van der Waals surface area contributed by atoms with Crippen molar-refractivity contribution in [2.75, 3.05) is 7.11 Å². The molecule has 0 bridgehead atoms. The molecule has 0 aliphatic heterocycles. The summed E-state index contributed by atoms with van der Waals surface area (Å²) < 4.78 is 13.0. The second-order valence-electron chi connectivity index (χ2n) is 7.62. The van der Waals surface area contributed by atoms with Gasteiger partial charge in [0, 0.05) is 19.4 Å². The number of rotatable bonds is 7. The van der Waals surface area contributed by atoms with Gasteiger partial charge in [-0.2, -0.15) is 5.10 Å². The Balaban J connectivity index is 1.89. The molecule has 0 spiro atoms. The molecule has 0 unspecified atom stereocenters. The van der Waals surface area contributed by atoms with Crippen molar-refractivity contribution in [1.82, 2.24) is 14.6 Å². The molecule has 2 aromatic rings. The highest BCUT2D eigenvalue weighted by Crippen LogP contribution is 2.36. The molecule has 6 nitrogen and oxygen atoms in total. The van der Waals surface area contributed by atoms with Crippen molar-refractivity contribution in [3.05, 3.63) is 29.2 Å². The van der Waals surface area contributed by atoms with Gasteiger partial charge in [-0.05, 0) is 46.5 Å². The third-order valence-corrected chi connectivity index (χ3v) is 4.82. The Morgan fingerprint density at radius 1 is 1.44 bits per heavy atom. The van der Waals surface area contributed by atoms with Crippen molar-refractivity contribution in [2.45, 2.75) is 65.1 Å². The van der Waals surface area contributed by atoms with Crippen LogP contribution in [0, 0.1) is 12.8 Å². The Morgan fingerprint density at radius 2 is 2.16 bits per heavy atom. The van der Waals surface area contributed by atoms with E-state index in [0.717, 1.165) is 24.5 Å². The van der Waals surface area contributed by atoms with Gasteiger partial charge in [-0.25, -0.2) is 14.3 Å². The first-order chi connectivity index (χ1) is 11.8. The molecule has 0 amide bonds. The molecule has 0 aromatic carbocycles. The molecule has 136 valence electrons. The first kappa shape index (κ1) is 17.9. The maximum absolute atomic E-state index is 12.9. The molecule has 2 aromatic heterocycles. The van der Waals surface area contributed by atoms with Crippen LogP contribution in [0.4, 0.5) is 0 Å². The first-order valence-corrected chi connectivity index (χ1v) is 8.92. The molecule has 0 radical (unpaired) electrons. The molecule has 1 saturated carbocycles. The molecule has 1 atom stereocenters. The number of fused-ring (bicyclic) bond motifs is 1. The Morgan fingerprint density at radius 3 is 2.80 bits per heavy atom. The lowest BCUT2D eigenvalue weighted by Crippen LogP contribution is -2.29. The predicted octanol–water partition coefficient (Wildman–Crippen LogP) is 3.87. The van der Waals surface area contributed by atoms with Crippen LogP contribution in [0.25, 0.3) is 5.65 Å². The van der Waals surface area contributed by atoms with E-state index in [1.165, 1.54) is 12.8 Å². The van der Waals surface area contributed by atoms with Crippen molar-refractivity contribution in [3.8, 4) is 0 Å². The molecule has 2 heterocycles. The molecular formula is C19H27N3O3. The summed E-state index contributed by atoms with van der Waals surface area (Å²) >= 11 is 0. The first-order valence-electron chi connectivity index (χ1n) is 8.92. The van der Waals surface area contributed by atoms with Crippen LogP contribution in [-0.2, 0) is 9.47 Å². The van der Waals surface area contributed by atoms with Crippen LogP contribution in [-0.4, -0.2) is 33.3 Å². The van der Waals surface area contributed by atoms with Crippen LogP contribution < -0.4 is 0 Å². The highest BCUT2D eigenvalue weighted by atomic mass is 16.6. The van der Waals surface area contributed by atoms with Gasteiger partial charge in [0.15, 0.2) is 5.65 Å². The number of aromatic nitrogens is 3. The van der Waals surface area contributed by atoms with Crippen molar-refractivity contribution in [1.29, 1.82) is 0 Å². The van der Waals surface area contributed by atoms with Crippen molar-refractivity contribution < 1.29 is 14.3 Å². The molecule has 25 heavy (non-hydrogen) atoms. The quantitative estimate of drug-likeness (QED) is 0.713. The number of carbonyl (C=O) groups excluding carboxylic acids is 1. The van der Waals surface area contributed by atoms with E-state index in [0.29, 0.717) is 16.9 Å². The van der Waals surface area contributed by atoms with Gasteiger partial charge in [0.25, 0.3) is 0 Å². The molecule has 3 rings (SSSR count). The van der Waals surface area contributed by atoms with Gasteiger partial charge in [-0.1, -0.05) is 12.8 Å². The van der Waals surface area contributed by atoms with Crippen molar-refractivity contribution in [3.63, 3.8) is 0 Å². The van der Waals surface area contributed by atoms with Gasteiger partial charge in [-0.15, -0.1) is 0 Å². The normalized spacial score (nSPS) is 16.2. The number of methoxy groups -OCH3 is 1. The third kappa shape index (κ3) is 4.00. The van der Waals surface area contributed by atoms with E-state index in [-0.39, 0.29) is 12.1 Å². The van der Waals surface area contributed by atoms with E-state index >= 15 is 0 Å². The maximum atomic E-state index is 12.9. The number of carbonyl (C=O) groups is 1. The average Bonchev–Trinajstić information content (AvgIpc) is 3.30. The Kier molecular flexibility index (Phi) is 4.82. The van der Waals surface area contributed by atoms with E-state index in [9.17, 15) is 4.79 Å². The Labute approximate surface area is 148 Å². The topological polar surface area (TPSA) is 65.7 Å². The number of esters is 1. The van der Waals surface area contributed by atoms with E-state index in [2.05, 4.69) is 10.1 Å². The third-order valence-electron chi connectivity index (χ3n) is 4.82. The van der Waals surface area contributed by atoms with Crippen LogP contribution in [0.1, 0.15) is 74.3 Å². The fourth-order valence-electron chi connectivity index (χ4n) is 3.04. The number of ether oxygens (including phenoxy) is 2. The minimum absolute atomic E-state index is 0.304. The average molecular weight is 345 g/mol. The second-order valence-corrected chi connectivity index (χ2v) is 7.62. The van der Waals surface area contributed by atoms with Gasteiger partial charge in [0.2, 0.25) is 0 Å². The van der Waals surface area contributed by atoms with E-state index < -0.39 is 5.60 Å². The number of aryl methyl sites for hydroxylation is 1. The predicted molar refractivity (Wildman–Crippen MR) is 94.6 cm³/mol. The van der Waals surface area contributed by atoms with Gasteiger partial charge in [-0.3, -0.25) is 0 Å². The summed E-state index contributed by atoms with van der Waals surface area (Å²) in [5.74, 6) is 0.439. The summed E-state index contributed by atoms with van der Waals surface area (Å²) in [6, 6.07) is 1.88. The monoisotopic (exact) mass is 345 g/mol. The van der Waals surface area contributed by atoms with E-state index in [1.807, 2.05) is 33.8 Å². The van der Waals surface area contributed by atoms with Crippen LogP contribution in [0.5, 0.6) is 0 Å². The van der Waals surface area contributed by atoms with Crippen LogP contribution in [0.2, 0.25) is 0 Å². The number of nitrogens with zero attached hydrogens (tertiary/aromatic N) is 3. The van der Waals surface area contributed by atoms with Gasteiger partial charge < -0.3 is 9.47 Å². The minimum atomic E-state index is -0.498. The molecule has 0 saturated heterocycles. The largest absolute Gasteiger partial charge is 0.456 e. The fraction of sp³-hybridized carbons (Fsp3) is 0.632. The maximum Gasteiger partial charge on any atom is 0.342 e. The smallest absolute Gasteiger partial charge is 0.342 e. The molecule has 0 N–H and O–H groups in total. The number of hydrogen-bond donors (Lipinski definition) is 0. The Hall–Kier alpha value is -1.95. The zero-order valence-corrected chi connectivity index (χ0v) is 15.7. The standard InChI is InChI=1S/C19H27N3O3/c1-12-10-16-20-11-15(17(13(2)24-5)22(16)21-12)18(23)25-19(3,4)9-8-14-6-7-14/h10-11,13-14H,6-9H2,1-5H3/t13-/m0/s1. The van der Waals surface area contributed by atoms with Crippen molar-refractivity contribution in [2.24, 2.45) is 5.92 Å². The Bertz CT molecular complexity index is 778. The van der Waals surface area contributed by atoms with Gasteiger partial charge >= 0.3 is 5.97 Å². The van der Waals surface area contributed by atoms with E-state index in [1.54, 1.807) is 17.8 Å². The van der Waals surface area contributed by atoms with Crippen LogP contribution >= 0.6 is 0 Å². The highest BCUT2D eigenvalue weighted by molar-refractivity contribution is 5.91. The van der Waals surface area contributed by atoms with Crippen LogP contribution in [0.3, 0.4) is 0 Å². The zero-order chi connectivity index (χ0) is 18.2. The summed E-state index contributed by atoms with van der Waals surface area (Å²) in [6.45, 7) is 7.73. The zero-order valence-electron chi connectivity index (χ0n) is 15.7. The van der Waals surface area contributed by atoms with E-state index in [4.69, 9.17) is 9.47 Å². The lowest BCUT2D eigenvalue weighted by Gasteiger charge is -2.26. The highest BCUT2D eigenvalue weighted by Gasteiger charge is 2.31. The summed E-state index contributed by atoms with van der Waals surface area (Å²) in [4.78, 5) is 17.2. The van der Waals surface area contributed by atoms with Crippen LogP contribution in [0.15, 0.2) is 12.3 Å². The molecule has 1 aliphatic carbocycles. The summed E-state index contributed by atoms with van der Waals surface area (Å²) in [6.07, 6.45) is 5.85. The second kappa shape index (κ2) is 6.75. The van der Waals surface area contributed by atoms with Crippen molar-refractivity contribution >= 4 is 11.6 Å². The molecule has 1 fully saturated rings. The summed E-state index contributed by atoms with van der Waals surface area (Å²) in [7, 11) is 1.61. The molecular weight excluding hydrogens is 318 g/mol. The number of hydrogen-bond acceptors (Lipinski definition) is 5. The molecule has 1 aliphatic rings. The van der Waals surface area contributed by atoms with Gasteiger partial charge in [0.1, 0.15) is 11.2 Å².